The van der Waals surface area contributed by atoms with E-state index in [1.165, 1.54) is 35.7 Å². The molecule has 0 fully saturated rings. The zero-order valence-electron chi connectivity index (χ0n) is 15.9. The molecular weight excluding hydrogens is 427 g/mol. The summed E-state index contributed by atoms with van der Waals surface area (Å²) in [7, 11) is 1.92. The van der Waals surface area contributed by atoms with Crippen LogP contribution in [-0.2, 0) is 24.7 Å². The first kappa shape index (κ1) is 20.3. The highest BCUT2D eigenvalue weighted by molar-refractivity contribution is 7.99. The van der Waals surface area contributed by atoms with Gasteiger partial charge in [-0.2, -0.15) is 0 Å². The maximum Gasteiger partial charge on any atom is 0.234 e. The smallest absolute Gasteiger partial charge is 0.234 e. The monoisotopic (exact) mass is 446 g/mol. The first-order valence-electron chi connectivity index (χ1n) is 9.41. The summed E-state index contributed by atoms with van der Waals surface area (Å²) in [5, 5.41) is 12.8. The topological polar surface area (TPSA) is 59.8 Å². The number of hydrogen-bond acceptors (Lipinski definition) is 4. The van der Waals surface area contributed by atoms with Gasteiger partial charge in [-0.25, -0.2) is 0 Å². The molecule has 0 radical (unpaired) electrons. The van der Waals surface area contributed by atoms with Gasteiger partial charge >= 0.3 is 0 Å². The van der Waals surface area contributed by atoms with E-state index in [9.17, 15) is 4.79 Å². The van der Waals surface area contributed by atoms with Crippen molar-refractivity contribution in [3.8, 4) is 11.4 Å². The Bertz CT molecular complexity index is 1070. The number of hydrogen-bond donors (Lipinski definition) is 1. The van der Waals surface area contributed by atoms with Gasteiger partial charge in [0.1, 0.15) is 0 Å². The van der Waals surface area contributed by atoms with Crippen LogP contribution in [0.4, 0.5) is 5.69 Å². The fourth-order valence-corrected chi connectivity index (χ4v) is 4.54. The summed E-state index contributed by atoms with van der Waals surface area (Å²) in [4.78, 5) is 12.3. The standard InChI is InChI=1S/C21H20Cl2N4OS/c1-27-20(15-10-9-13-5-2-3-6-14(13)11-15)25-26-21(27)29-12-18(28)24-17-8-4-7-16(22)19(17)23/h4,7-11H,2-3,5-6,12H2,1H3,(H,24,28). The summed E-state index contributed by atoms with van der Waals surface area (Å²) >= 11 is 13.4. The molecule has 150 valence electrons. The minimum atomic E-state index is -0.183. The number of carbonyl (C=O) groups excluding carboxylic acids is 1. The van der Waals surface area contributed by atoms with Gasteiger partial charge in [0.15, 0.2) is 11.0 Å². The van der Waals surface area contributed by atoms with E-state index in [-0.39, 0.29) is 11.7 Å². The number of halogens is 2. The van der Waals surface area contributed by atoms with Crippen LogP contribution in [0.5, 0.6) is 0 Å². The number of rotatable bonds is 5. The van der Waals surface area contributed by atoms with Gasteiger partial charge in [-0.3, -0.25) is 4.79 Å². The van der Waals surface area contributed by atoms with Crippen LogP contribution in [0.3, 0.4) is 0 Å². The van der Waals surface area contributed by atoms with Crippen molar-refractivity contribution < 1.29 is 4.79 Å². The number of anilines is 1. The summed E-state index contributed by atoms with van der Waals surface area (Å²) in [6.45, 7) is 0. The van der Waals surface area contributed by atoms with Crippen LogP contribution in [0.1, 0.15) is 24.0 Å². The summed E-state index contributed by atoms with van der Waals surface area (Å²) in [5.41, 5.74) is 4.40. The van der Waals surface area contributed by atoms with Crippen molar-refractivity contribution >= 4 is 46.6 Å². The van der Waals surface area contributed by atoms with Crippen molar-refractivity contribution in [1.82, 2.24) is 14.8 Å². The van der Waals surface area contributed by atoms with E-state index in [1.807, 2.05) is 11.6 Å². The lowest BCUT2D eigenvalue weighted by Gasteiger charge is -2.16. The van der Waals surface area contributed by atoms with Crippen LogP contribution in [0.25, 0.3) is 11.4 Å². The molecule has 0 bridgehead atoms. The summed E-state index contributed by atoms with van der Waals surface area (Å²) < 4.78 is 1.93. The number of aromatic nitrogens is 3. The molecule has 1 aromatic heterocycles. The van der Waals surface area contributed by atoms with E-state index in [1.54, 1.807) is 18.2 Å². The Balaban J connectivity index is 1.44. The third kappa shape index (κ3) is 4.44. The molecule has 3 aromatic rings. The molecule has 0 unspecified atom stereocenters. The minimum absolute atomic E-state index is 0.183. The van der Waals surface area contributed by atoms with Gasteiger partial charge in [0, 0.05) is 12.6 Å². The van der Waals surface area contributed by atoms with Gasteiger partial charge in [-0.1, -0.05) is 53.2 Å². The van der Waals surface area contributed by atoms with E-state index < -0.39 is 0 Å². The molecule has 4 rings (SSSR count). The molecule has 5 nitrogen and oxygen atoms in total. The predicted molar refractivity (Wildman–Crippen MR) is 119 cm³/mol. The molecule has 1 aliphatic carbocycles. The maximum atomic E-state index is 12.3. The third-order valence-electron chi connectivity index (χ3n) is 5.00. The van der Waals surface area contributed by atoms with Gasteiger partial charge in [0.05, 0.1) is 21.5 Å². The van der Waals surface area contributed by atoms with E-state index in [2.05, 4.69) is 33.7 Å². The summed E-state index contributed by atoms with van der Waals surface area (Å²) in [5.74, 6) is 0.815. The highest BCUT2D eigenvalue weighted by Crippen LogP contribution is 2.30. The lowest BCUT2D eigenvalue weighted by molar-refractivity contribution is -0.113. The minimum Gasteiger partial charge on any atom is -0.324 e. The molecule has 0 saturated heterocycles. The van der Waals surface area contributed by atoms with Crippen molar-refractivity contribution in [3.63, 3.8) is 0 Å². The molecule has 2 aromatic carbocycles. The number of nitrogens with zero attached hydrogens (tertiary/aromatic N) is 3. The molecule has 1 aliphatic rings. The Labute approximate surface area is 183 Å². The number of nitrogens with one attached hydrogen (secondary N) is 1. The lowest BCUT2D eigenvalue weighted by Crippen LogP contribution is -2.14. The summed E-state index contributed by atoms with van der Waals surface area (Å²) in [6, 6.07) is 11.7. The molecular formula is C21H20Cl2N4OS. The van der Waals surface area contributed by atoms with Crippen molar-refractivity contribution in [2.45, 2.75) is 30.8 Å². The van der Waals surface area contributed by atoms with Gasteiger partial charge in [0.2, 0.25) is 5.91 Å². The van der Waals surface area contributed by atoms with E-state index >= 15 is 0 Å². The van der Waals surface area contributed by atoms with Crippen molar-refractivity contribution in [1.29, 1.82) is 0 Å². The molecule has 0 saturated carbocycles. The van der Waals surface area contributed by atoms with Crippen LogP contribution < -0.4 is 5.32 Å². The number of aryl methyl sites for hydroxylation is 2. The molecule has 1 heterocycles. The second kappa shape index (κ2) is 8.78. The second-order valence-electron chi connectivity index (χ2n) is 6.99. The number of carbonyl (C=O) groups is 1. The third-order valence-corrected chi connectivity index (χ3v) is 6.84. The number of amides is 1. The Morgan fingerprint density at radius 1 is 1.14 bits per heavy atom. The molecule has 0 atom stereocenters. The molecule has 1 N–H and O–H groups in total. The van der Waals surface area contributed by atoms with Gasteiger partial charge in [0.25, 0.3) is 0 Å². The van der Waals surface area contributed by atoms with Gasteiger partial charge in [-0.05, 0) is 55.0 Å². The molecule has 0 aliphatic heterocycles. The fraction of sp³-hybridized carbons (Fsp3) is 0.286. The van der Waals surface area contributed by atoms with Crippen LogP contribution in [-0.4, -0.2) is 26.4 Å². The first-order chi connectivity index (χ1) is 14.0. The highest BCUT2D eigenvalue weighted by Gasteiger charge is 2.16. The molecule has 8 heteroatoms. The predicted octanol–water partition coefficient (Wildman–Crippen LogP) is 5.40. The van der Waals surface area contributed by atoms with Gasteiger partial charge < -0.3 is 9.88 Å². The Kier molecular flexibility index (Phi) is 6.13. The van der Waals surface area contributed by atoms with Crippen LogP contribution in [0.2, 0.25) is 10.0 Å². The highest BCUT2D eigenvalue weighted by atomic mass is 35.5. The quantitative estimate of drug-likeness (QED) is 0.533. The van der Waals surface area contributed by atoms with Gasteiger partial charge in [-0.15, -0.1) is 10.2 Å². The second-order valence-corrected chi connectivity index (χ2v) is 8.72. The van der Waals surface area contributed by atoms with E-state index in [4.69, 9.17) is 23.2 Å². The molecule has 1 amide bonds. The molecule has 0 spiro atoms. The maximum absolute atomic E-state index is 12.3. The number of fused-ring (bicyclic) bond motifs is 1. The lowest BCUT2D eigenvalue weighted by atomic mass is 9.90. The van der Waals surface area contributed by atoms with E-state index in [0.29, 0.717) is 20.9 Å². The Morgan fingerprint density at radius 2 is 1.93 bits per heavy atom. The van der Waals surface area contributed by atoms with Crippen molar-refractivity contribution in [2.75, 3.05) is 11.1 Å². The van der Waals surface area contributed by atoms with Crippen molar-refractivity contribution in [3.05, 3.63) is 57.6 Å². The summed E-state index contributed by atoms with van der Waals surface area (Å²) in [6.07, 6.45) is 4.78. The Morgan fingerprint density at radius 3 is 2.76 bits per heavy atom. The average Bonchev–Trinajstić information content (AvgIpc) is 3.10. The van der Waals surface area contributed by atoms with Crippen LogP contribution in [0, 0.1) is 0 Å². The first-order valence-corrected chi connectivity index (χ1v) is 11.2. The normalized spacial score (nSPS) is 13.2. The largest absolute Gasteiger partial charge is 0.324 e. The van der Waals surface area contributed by atoms with E-state index in [0.717, 1.165) is 24.2 Å². The number of thioether (sulfide) groups is 1. The average molecular weight is 447 g/mol. The zero-order chi connectivity index (χ0) is 20.4. The zero-order valence-corrected chi connectivity index (χ0v) is 18.2. The number of benzene rings is 2. The Hall–Kier alpha value is -2.02. The molecule has 29 heavy (non-hydrogen) atoms. The fourth-order valence-electron chi connectivity index (χ4n) is 3.48. The SMILES string of the molecule is Cn1c(SCC(=O)Nc2cccc(Cl)c2Cl)nnc1-c1ccc2c(c1)CCCC2. The van der Waals surface area contributed by atoms with Crippen molar-refractivity contribution in [2.24, 2.45) is 7.05 Å². The van der Waals surface area contributed by atoms with Crippen LogP contribution in [0.15, 0.2) is 41.6 Å². The van der Waals surface area contributed by atoms with Crippen LogP contribution >= 0.6 is 35.0 Å².